The molecule has 9 nitrogen and oxygen atoms in total. The Kier molecular flexibility index (Phi) is 10.1. The Balaban J connectivity index is 2.00. The SMILES string of the molecule is CCOC(=O)COc1ccc(C=NNC(=O)C(NC(=O)c2ccc(C)cc2)C(C)C)cc1OC. The Morgan fingerprint density at radius 3 is 2.38 bits per heavy atom. The van der Waals surface area contributed by atoms with Crippen molar-refractivity contribution in [2.45, 2.75) is 33.7 Å². The Hall–Kier alpha value is -3.88. The van der Waals surface area contributed by atoms with Crippen LogP contribution >= 0.6 is 0 Å². The van der Waals surface area contributed by atoms with Gasteiger partial charge in [-0.15, -0.1) is 0 Å². The average Bonchev–Trinajstić information content (AvgIpc) is 2.81. The lowest BCUT2D eigenvalue weighted by Gasteiger charge is -2.20. The number of hydrogen-bond donors (Lipinski definition) is 2. The van der Waals surface area contributed by atoms with Gasteiger partial charge in [0.1, 0.15) is 6.04 Å². The second kappa shape index (κ2) is 13.0. The molecule has 0 aliphatic carbocycles. The topological polar surface area (TPSA) is 115 Å². The summed E-state index contributed by atoms with van der Waals surface area (Å²) in [6, 6.07) is 11.3. The van der Waals surface area contributed by atoms with Gasteiger partial charge in [-0.25, -0.2) is 10.2 Å². The van der Waals surface area contributed by atoms with E-state index in [0.29, 0.717) is 22.6 Å². The van der Waals surface area contributed by atoms with Crippen LogP contribution < -0.4 is 20.2 Å². The lowest BCUT2D eigenvalue weighted by molar-refractivity contribution is -0.145. The molecule has 34 heavy (non-hydrogen) atoms. The molecule has 2 N–H and O–H groups in total. The van der Waals surface area contributed by atoms with Gasteiger partial charge < -0.3 is 19.5 Å². The van der Waals surface area contributed by atoms with Crippen LogP contribution in [0.4, 0.5) is 0 Å². The maximum absolute atomic E-state index is 12.6. The van der Waals surface area contributed by atoms with Crippen molar-refractivity contribution in [1.29, 1.82) is 0 Å². The van der Waals surface area contributed by atoms with Gasteiger partial charge in [-0.2, -0.15) is 5.10 Å². The van der Waals surface area contributed by atoms with Crippen molar-refractivity contribution < 1.29 is 28.6 Å². The van der Waals surface area contributed by atoms with Crippen LogP contribution in [-0.2, 0) is 14.3 Å². The predicted molar refractivity (Wildman–Crippen MR) is 128 cm³/mol. The molecule has 0 spiro atoms. The lowest BCUT2D eigenvalue weighted by Crippen LogP contribution is -2.48. The first kappa shape index (κ1) is 26.4. The molecular weight excluding hydrogens is 438 g/mol. The molecule has 0 aliphatic heterocycles. The fourth-order valence-corrected chi connectivity index (χ4v) is 2.93. The third-order valence-electron chi connectivity index (χ3n) is 4.78. The number of rotatable bonds is 11. The molecule has 0 radical (unpaired) electrons. The van der Waals surface area contributed by atoms with Crippen LogP contribution in [0.2, 0.25) is 0 Å². The summed E-state index contributed by atoms with van der Waals surface area (Å²) in [6.45, 7) is 7.36. The zero-order valence-corrected chi connectivity index (χ0v) is 20.1. The van der Waals surface area contributed by atoms with E-state index in [1.54, 1.807) is 37.3 Å². The number of hydrazone groups is 1. The molecule has 0 saturated heterocycles. The van der Waals surface area contributed by atoms with Gasteiger partial charge in [0.05, 0.1) is 19.9 Å². The molecule has 0 aliphatic rings. The maximum atomic E-state index is 12.6. The third kappa shape index (κ3) is 7.91. The van der Waals surface area contributed by atoms with Crippen LogP contribution in [0.5, 0.6) is 11.5 Å². The van der Waals surface area contributed by atoms with Crippen molar-refractivity contribution in [1.82, 2.24) is 10.7 Å². The van der Waals surface area contributed by atoms with Gasteiger partial charge in [0.15, 0.2) is 18.1 Å². The highest BCUT2D eigenvalue weighted by Crippen LogP contribution is 2.27. The number of ether oxygens (including phenoxy) is 3. The monoisotopic (exact) mass is 469 g/mol. The number of esters is 1. The van der Waals surface area contributed by atoms with E-state index in [9.17, 15) is 14.4 Å². The fourth-order valence-electron chi connectivity index (χ4n) is 2.93. The van der Waals surface area contributed by atoms with Crippen LogP contribution in [0.3, 0.4) is 0 Å². The smallest absolute Gasteiger partial charge is 0.344 e. The van der Waals surface area contributed by atoms with Crippen LogP contribution in [0.25, 0.3) is 0 Å². The first-order valence-electron chi connectivity index (χ1n) is 10.9. The highest BCUT2D eigenvalue weighted by Gasteiger charge is 2.24. The van der Waals surface area contributed by atoms with E-state index in [1.807, 2.05) is 32.9 Å². The van der Waals surface area contributed by atoms with Crippen LogP contribution in [0, 0.1) is 12.8 Å². The molecule has 0 saturated carbocycles. The third-order valence-corrected chi connectivity index (χ3v) is 4.78. The van der Waals surface area contributed by atoms with E-state index >= 15 is 0 Å². The number of hydrogen-bond acceptors (Lipinski definition) is 7. The molecule has 0 fully saturated rings. The Bertz CT molecular complexity index is 1020. The normalized spacial score (nSPS) is 11.7. The van der Waals surface area contributed by atoms with E-state index in [-0.39, 0.29) is 25.0 Å². The zero-order chi connectivity index (χ0) is 25.1. The molecule has 2 rings (SSSR count). The van der Waals surface area contributed by atoms with Gasteiger partial charge >= 0.3 is 5.97 Å². The number of carbonyl (C=O) groups excluding carboxylic acids is 3. The molecule has 1 unspecified atom stereocenters. The van der Waals surface area contributed by atoms with Gasteiger partial charge in [-0.1, -0.05) is 31.5 Å². The second-order valence-corrected chi connectivity index (χ2v) is 7.80. The summed E-state index contributed by atoms with van der Waals surface area (Å²) < 4.78 is 15.6. The second-order valence-electron chi connectivity index (χ2n) is 7.80. The van der Waals surface area contributed by atoms with Crippen molar-refractivity contribution in [3.05, 3.63) is 59.2 Å². The van der Waals surface area contributed by atoms with Crippen LogP contribution in [0.1, 0.15) is 42.3 Å². The first-order chi connectivity index (χ1) is 16.2. The van der Waals surface area contributed by atoms with Crippen molar-refractivity contribution >= 4 is 24.0 Å². The number of nitrogens with zero attached hydrogens (tertiary/aromatic N) is 1. The van der Waals surface area contributed by atoms with Crippen molar-refractivity contribution in [3.63, 3.8) is 0 Å². The molecular formula is C25H31N3O6. The summed E-state index contributed by atoms with van der Waals surface area (Å²) in [7, 11) is 1.47. The van der Waals surface area contributed by atoms with Crippen molar-refractivity contribution in [2.24, 2.45) is 11.0 Å². The Labute approximate surface area is 199 Å². The van der Waals surface area contributed by atoms with E-state index in [4.69, 9.17) is 14.2 Å². The molecule has 2 aromatic rings. The van der Waals surface area contributed by atoms with E-state index in [2.05, 4.69) is 15.8 Å². The van der Waals surface area contributed by atoms with Crippen molar-refractivity contribution in [2.75, 3.05) is 20.3 Å². The minimum absolute atomic E-state index is 0.152. The molecule has 2 amide bonds. The Morgan fingerprint density at radius 1 is 1.06 bits per heavy atom. The van der Waals surface area contributed by atoms with Crippen LogP contribution in [0.15, 0.2) is 47.6 Å². The number of benzene rings is 2. The quantitative estimate of drug-likeness (QED) is 0.297. The maximum Gasteiger partial charge on any atom is 0.344 e. The molecule has 182 valence electrons. The number of amides is 2. The van der Waals surface area contributed by atoms with Gasteiger partial charge in [-0.3, -0.25) is 9.59 Å². The largest absolute Gasteiger partial charge is 0.493 e. The summed E-state index contributed by atoms with van der Waals surface area (Å²) in [4.78, 5) is 36.6. The van der Waals surface area contributed by atoms with Gasteiger partial charge in [0.2, 0.25) is 0 Å². The number of aryl methyl sites for hydroxylation is 1. The molecule has 9 heteroatoms. The minimum Gasteiger partial charge on any atom is -0.493 e. The summed E-state index contributed by atoms with van der Waals surface area (Å²) in [5.41, 5.74) is 4.62. The molecule has 1 atom stereocenters. The van der Waals surface area contributed by atoms with Gasteiger partial charge in [-0.05, 0) is 55.7 Å². The minimum atomic E-state index is -0.765. The summed E-state index contributed by atoms with van der Waals surface area (Å²) in [5.74, 6) is -0.637. The summed E-state index contributed by atoms with van der Waals surface area (Å²) in [6.07, 6.45) is 1.44. The summed E-state index contributed by atoms with van der Waals surface area (Å²) in [5, 5.41) is 6.75. The van der Waals surface area contributed by atoms with Crippen LogP contribution in [-0.4, -0.2) is 50.4 Å². The standard InChI is InChI=1S/C25H31N3O6/c1-6-33-22(29)15-34-20-12-9-18(13-21(20)32-5)14-26-28-25(31)23(16(2)3)27-24(30)19-10-7-17(4)8-11-19/h7-14,16,23H,6,15H2,1-5H3,(H,27,30)(H,28,31). The fraction of sp³-hybridized carbons (Fsp3) is 0.360. The highest BCUT2D eigenvalue weighted by atomic mass is 16.6. The van der Waals surface area contributed by atoms with Gasteiger partial charge in [0, 0.05) is 5.56 Å². The van der Waals surface area contributed by atoms with E-state index in [0.717, 1.165) is 5.56 Å². The highest BCUT2D eigenvalue weighted by molar-refractivity contribution is 5.97. The van der Waals surface area contributed by atoms with E-state index < -0.39 is 17.9 Å². The molecule has 0 aromatic heterocycles. The van der Waals surface area contributed by atoms with Crippen molar-refractivity contribution in [3.8, 4) is 11.5 Å². The predicted octanol–water partition coefficient (Wildman–Crippen LogP) is 2.85. The van der Waals surface area contributed by atoms with E-state index in [1.165, 1.54) is 13.3 Å². The number of methoxy groups -OCH3 is 1. The first-order valence-corrected chi connectivity index (χ1v) is 10.9. The summed E-state index contributed by atoms with van der Waals surface area (Å²) >= 11 is 0. The zero-order valence-electron chi connectivity index (χ0n) is 20.1. The molecule has 0 bridgehead atoms. The Morgan fingerprint density at radius 2 is 1.76 bits per heavy atom. The lowest BCUT2D eigenvalue weighted by atomic mass is 10.0. The number of nitrogens with one attached hydrogen (secondary N) is 2. The van der Waals surface area contributed by atoms with Gasteiger partial charge in [0.25, 0.3) is 11.8 Å². The molecule has 0 heterocycles. The molecule has 2 aromatic carbocycles. The number of carbonyl (C=O) groups is 3. The average molecular weight is 470 g/mol.